The fourth-order valence-corrected chi connectivity index (χ4v) is 4.64. The molecular weight excluding hydrogens is 482 g/mol. The fraction of sp³-hybridized carbons (Fsp3) is 0.286. The van der Waals surface area contributed by atoms with Crippen LogP contribution in [0.2, 0.25) is 0 Å². The number of hydrogen-bond donors (Lipinski definition) is 1. The highest BCUT2D eigenvalue weighted by atomic mass is 16.5. The zero-order chi connectivity index (χ0) is 26.6. The summed E-state index contributed by atoms with van der Waals surface area (Å²) in [7, 11) is 2.00. The van der Waals surface area contributed by atoms with Crippen molar-refractivity contribution in [2.45, 2.75) is 19.4 Å². The van der Waals surface area contributed by atoms with Gasteiger partial charge in [0.15, 0.2) is 11.5 Å². The maximum absolute atomic E-state index is 13.8. The highest BCUT2D eigenvalue weighted by Gasteiger charge is 2.31. The molecule has 38 heavy (non-hydrogen) atoms. The Bertz CT molecular complexity index is 1510. The molecular formula is C28H31N7O3. The summed E-state index contributed by atoms with van der Waals surface area (Å²) in [5.74, 6) is 1.52. The van der Waals surface area contributed by atoms with Gasteiger partial charge in [-0.2, -0.15) is 0 Å². The van der Waals surface area contributed by atoms with Crippen molar-refractivity contribution in [3.05, 3.63) is 83.6 Å². The molecule has 10 nitrogen and oxygen atoms in total. The Kier molecular flexibility index (Phi) is 7.23. The Morgan fingerprint density at radius 3 is 2.61 bits per heavy atom. The van der Waals surface area contributed by atoms with Crippen LogP contribution in [-0.4, -0.2) is 68.0 Å². The van der Waals surface area contributed by atoms with Gasteiger partial charge in [0.1, 0.15) is 23.3 Å². The molecule has 5 rings (SSSR count). The molecule has 0 saturated carbocycles. The van der Waals surface area contributed by atoms with Gasteiger partial charge >= 0.3 is 5.69 Å². The lowest BCUT2D eigenvalue weighted by molar-refractivity contribution is -0.125. The number of para-hydroxylation sites is 1. The van der Waals surface area contributed by atoms with Gasteiger partial charge in [0.2, 0.25) is 5.91 Å². The molecule has 0 spiro atoms. The molecule has 0 bridgehead atoms. The number of nitrogens with zero attached hydrogens (tertiary/aromatic N) is 6. The number of imidazole rings is 1. The molecule has 1 aliphatic heterocycles. The number of hydrogen-bond acceptors (Lipinski definition) is 7. The maximum Gasteiger partial charge on any atom is 0.335 e. The molecule has 0 aliphatic carbocycles. The van der Waals surface area contributed by atoms with Gasteiger partial charge in [-0.25, -0.2) is 14.8 Å². The van der Waals surface area contributed by atoms with Crippen molar-refractivity contribution in [3.8, 4) is 17.2 Å². The van der Waals surface area contributed by atoms with Crippen LogP contribution >= 0.6 is 0 Å². The highest BCUT2D eigenvalue weighted by molar-refractivity contribution is 5.88. The van der Waals surface area contributed by atoms with Crippen LogP contribution in [0.4, 0.5) is 5.82 Å². The molecule has 2 N–H and O–H groups in total. The first-order valence-electron chi connectivity index (χ1n) is 12.7. The van der Waals surface area contributed by atoms with Gasteiger partial charge in [-0.05, 0) is 56.4 Å². The lowest BCUT2D eigenvalue weighted by Gasteiger charge is -2.15. The van der Waals surface area contributed by atoms with E-state index in [-0.39, 0.29) is 23.5 Å². The number of likely N-dealkylation sites (tertiary alicyclic amines) is 1. The SMILES string of the molecule is CCN(C)CC=CC(=O)N1CC[C@@H](n2c(=O)n(-c3ccc(Oc4ccccc4)cc3)c3c(N)ncnc32)C1. The number of carbonyl (C=O) groups excluding carboxylic acids is 1. The molecule has 1 saturated heterocycles. The van der Waals surface area contributed by atoms with Crippen LogP contribution in [0.15, 0.2) is 77.9 Å². The zero-order valence-electron chi connectivity index (χ0n) is 21.5. The van der Waals surface area contributed by atoms with Crippen LogP contribution in [-0.2, 0) is 4.79 Å². The third-order valence-electron chi connectivity index (χ3n) is 6.81. The molecule has 3 heterocycles. The summed E-state index contributed by atoms with van der Waals surface area (Å²) in [6.07, 6.45) is 5.48. The number of nitrogen functional groups attached to an aromatic ring is 1. The first-order valence-corrected chi connectivity index (χ1v) is 12.7. The minimum absolute atomic E-state index is 0.0584. The Balaban J connectivity index is 1.43. The van der Waals surface area contributed by atoms with E-state index in [1.54, 1.807) is 39.8 Å². The molecule has 2 aromatic heterocycles. The average molecular weight is 514 g/mol. The molecule has 10 heteroatoms. The van der Waals surface area contributed by atoms with E-state index in [0.29, 0.717) is 48.7 Å². The number of rotatable bonds is 8. The summed E-state index contributed by atoms with van der Waals surface area (Å²) >= 11 is 0. The number of carbonyl (C=O) groups is 1. The van der Waals surface area contributed by atoms with E-state index in [1.165, 1.54) is 10.9 Å². The van der Waals surface area contributed by atoms with Gasteiger partial charge < -0.3 is 20.3 Å². The average Bonchev–Trinajstić information content (AvgIpc) is 3.52. The first kappa shape index (κ1) is 25.2. The largest absolute Gasteiger partial charge is 0.457 e. The predicted octanol–water partition coefficient (Wildman–Crippen LogP) is 3.24. The van der Waals surface area contributed by atoms with E-state index in [2.05, 4.69) is 21.8 Å². The lowest BCUT2D eigenvalue weighted by Crippen LogP contribution is -2.31. The van der Waals surface area contributed by atoms with Crippen LogP contribution in [0, 0.1) is 0 Å². The number of aromatic nitrogens is 4. The van der Waals surface area contributed by atoms with Gasteiger partial charge in [0, 0.05) is 25.7 Å². The molecule has 2 aromatic carbocycles. The van der Waals surface area contributed by atoms with Crippen molar-refractivity contribution >= 4 is 22.9 Å². The molecule has 1 fully saturated rings. The van der Waals surface area contributed by atoms with E-state index in [0.717, 1.165) is 12.3 Å². The number of nitrogens with two attached hydrogens (primary N) is 1. The molecule has 1 amide bonds. The van der Waals surface area contributed by atoms with Crippen molar-refractivity contribution in [2.75, 3.05) is 39.0 Å². The Hall–Kier alpha value is -4.44. The Labute approximate surface area is 220 Å². The summed E-state index contributed by atoms with van der Waals surface area (Å²) in [6.45, 7) is 4.66. The van der Waals surface area contributed by atoms with Crippen molar-refractivity contribution < 1.29 is 9.53 Å². The van der Waals surface area contributed by atoms with E-state index < -0.39 is 0 Å². The van der Waals surface area contributed by atoms with Gasteiger partial charge in [0.05, 0.1) is 11.7 Å². The quantitative estimate of drug-likeness (QED) is 0.360. The van der Waals surface area contributed by atoms with Crippen molar-refractivity contribution in [2.24, 2.45) is 0 Å². The minimum Gasteiger partial charge on any atom is -0.457 e. The summed E-state index contributed by atoms with van der Waals surface area (Å²) in [5, 5.41) is 0. The van der Waals surface area contributed by atoms with Crippen LogP contribution < -0.4 is 16.2 Å². The smallest absolute Gasteiger partial charge is 0.335 e. The molecule has 0 unspecified atom stereocenters. The second-order valence-corrected chi connectivity index (χ2v) is 9.31. The van der Waals surface area contributed by atoms with Gasteiger partial charge in [-0.3, -0.25) is 13.9 Å². The number of ether oxygens (including phenoxy) is 1. The first-order chi connectivity index (χ1) is 18.5. The fourth-order valence-electron chi connectivity index (χ4n) is 4.64. The Morgan fingerprint density at radius 2 is 1.87 bits per heavy atom. The van der Waals surface area contributed by atoms with E-state index >= 15 is 0 Å². The third kappa shape index (κ3) is 5.03. The number of anilines is 1. The maximum atomic E-state index is 13.8. The topological polar surface area (TPSA) is 112 Å². The van der Waals surface area contributed by atoms with Crippen LogP contribution in [0.5, 0.6) is 11.5 Å². The highest BCUT2D eigenvalue weighted by Crippen LogP contribution is 2.28. The van der Waals surface area contributed by atoms with Gasteiger partial charge in [-0.1, -0.05) is 31.2 Å². The van der Waals surface area contributed by atoms with E-state index in [4.69, 9.17) is 10.5 Å². The molecule has 196 valence electrons. The predicted molar refractivity (Wildman–Crippen MR) is 147 cm³/mol. The molecule has 0 radical (unpaired) electrons. The molecule has 4 aromatic rings. The summed E-state index contributed by atoms with van der Waals surface area (Å²) in [4.78, 5) is 39.0. The third-order valence-corrected chi connectivity index (χ3v) is 6.81. The van der Waals surface area contributed by atoms with Crippen molar-refractivity contribution in [1.82, 2.24) is 28.9 Å². The number of amides is 1. The summed E-state index contributed by atoms with van der Waals surface area (Å²) < 4.78 is 9.06. The zero-order valence-corrected chi connectivity index (χ0v) is 21.5. The standard InChI is InChI=1S/C28H31N7O3/c1-3-32(2)16-7-10-24(36)33-17-15-21(18-33)35-27-25(26(29)30-19-31-27)34(28(35)37)20-11-13-23(14-12-20)38-22-8-5-4-6-9-22/h4-14,19,21H,3,15-18H2,1-2H3,(H2,29,30,31)/t21-/m1/s1. The minimum atomic E-state index is -0.275. The van der Waals surface area contributed by atoms with Crippen molar-refractivity contribution in [3.63, 3.8) is 0 Å². The number of fused-ring (bicyclic) bond motifs is 1. The van der Waals surface area contributed by atoms with Crippen LogP contribution in [0.3, 0.4) is 0 Å². The second kappa shape index (κ2) is 10.9. The molecule has 1 atom stereocenters. The van der Waals surface area contributed by atoms with E-state index in [9.17, 15) is 9.59 Å². The van der Waals surface area contributed by atoms with Gasteiger partial charge in [0.25, 0.3) is 0 Å². The monoisotopic (exact) mass is 513 g/mol. The number of likely N-dealkylation sites (N-methyl/N-ethyl adjacent to an activating group) is 1. The van der Waals surface area contributed by atoms with E-state index in [1.807, 2.05) is 43.5 Å². The van der Waals surface area contributed by atoms with Crippen LogP contribution in [0.25, 0.3) is 16.9 Å². The summed E-state index contributed by atoms with van der Waals surface area (Å²) in [5.41, 5.74) is 7.49. The summed E-state index contributed by atoms with van der Waals surface area (Å²) in [6, 6.07) is 16.5. The van der Waals surface area contributed by atoms with Crippen LogP contribution in [0.1, 0.15) is 19.4 Å². The lowest BCUT2D eigenvalue weighted by atomic mass is 10.2. The van der Waals surface area contributed by atoms with Gasteiger partial charge in [-0.15, -0.1) is 0 Å². The second-order valence-electron chi connectivity index (χ2n) is 9.31. The molecule has 1 aliphatic rings. The van der Waals surface area contributed by atoms with Crippen molar-refractivity contribution in [1.29, 1.82) is 0 Å². The normalized spacial score (nSPS) is 15.7. The Morgan fingerprint density at radius 1 is 1.13 bits per heavy atom. The number of benzene rings is 2.